The summed E-state index contributed by atoms with van der Waals surface area (Å²) in [6.07, 6.45) is 0.705. The van der Waals surface area contributed by atoms with E-state index in [1.807, 2.05) is 20.8 Å². The molecule has 0 aliphatic carbocycles. The van der Waals surface area contributed by atoms with E-state index >= 15 is 0 Å². The van der Waals surface area contributed by atoms with Crippen LogP contribution in [-0.4, -0.2) is 55.2 Å². The van der Waals surface area contributed by atoms with Crippen LogP contribution in [0.1, 0.15) is 41.0 Å². The van der Waals surface area contributed by atoms with Gasteiger partial charge >= 0.3 is 0 Å². The Kier molecular flexibility index (Phi) is 8.97. The van der Waals surface area contributed by atoms with Crippen LogP contribution in [0.25, 0.3) is 0 Å². The molecule has 0 saturated carbocycles. The van der Waals surface area contributed by atoms with Crippen molar-refractivity contribution in [2.45, 2.75) is 52.6 Å². The Balaban J connectivity index is 4.50. The largest absolute Gasteiger partial charge is 0.380 e. The van der Waals surface area contributed by atoms with E-state index in [0.29, 0.717) is 6.42 Å². The maximum absolute atomic E-state index is 11.6. The molecular weight excluding hydrogens is 242 g/mol. The second-order valence-corrected chi connectivity index (χ2v) is 5.11. The fraction of sp³-hybridized carbons (Fsp3) is 0.929. The number of carbonyl (C=O) groups is 1. The summed E-state index contributed by atoms with van der Waals surface area (Å²) < 4.78 is 5.39. The van der Waals surface area contributed by atoms with E-state index < -0.39 is 5.54 Å². The summed E-state index contributed by atoms with van der Waals surface area (Å²) in [5.74, 6) is -0.290. The van der Waals surface area contributed by atoms with Crippen LogP contribution in [0.4, 0.5) is 0 Å². The third kappa shape index (κ3) is 6.36. The van der Waals surface area contributed by atoms with Gasteiger partial charge in [0.2, 0.25) is 5.91 Å². The van der Waals surface area contributed by atoms with Crippen molar-refractivity contribution in [2.75, 3.05) is 32.8 Å². The van der Waals surface area contributed by atoms with Crippen LogP contribution in [-0.2, 0) is 9.53 Å². The van der Waals surface area contributed by atoms with Crippen LogP contribution in [0.2, 0.25) is 0 Å². The molecule has 1 amide bonds. The minimum absolute atomic E-state index is 0.280. The number of nitrogens with two attached hydrogens (primary N) is 1. The molecule has 0 fully saturated rings. The fourth-order valence-corrected chi connectivity index (χ4v) is 2.39. The molecule has 0 aliphatic rings. The molecule has 0 rings (SSSR count). The summed E-state index contributed by atoms with van der Waals surface area (Å²) in [5, 5.41) is 3.20. The van der Waals surface area contributed by atoms with Gasteiger partial charge in [-0.25, -0.2) is 0 Å². The van der Waals surface area contributed by atoms with Crippen LogP contribution in [0.3, 0.4) is 0 Å². The standard InChI is InChI=1S/C14H31N3O2/c1-6-16-14(5,13(15)18)11-12(4)17(7-2)9-10-19-8-3/h12,16H,6-11H2,1-5H3,(H2,15,18). The summed E-state index contributed by atoms with van der Waals surface area (Å²) in [5.41, 5.74) is 4.88. The monoisotopic (exact) mass is 273 g/mol. The molecule has 0 aromatic heterocycles. The van der Waals surface area contributed by atoms with Gasteiger partial charge in [-0.3, -0.25) is 9.69 Å². The number of rotatable bonds is 11. The van der Waals surface area contributed by atoms with E-state index in [-0.39, 0.29) is 11.9 Å². The van der Waals surface area contributed by atoms with Gasteiger partial charge in [0.15, 0.2) is 0 Å². The molecule has 0 spiro atoms. The Bertz CT molecular complexity index is 261. The van der Waals surface area contributed by atoms with Crippen molar-refractivity contribution in [3.8, 4) is 0 Å². The van der Waals surface area contributed by atoms with Crippen molar-refractivity contribution in [3.05, 3.63) is 0 Å². The molecule has 0 heterocycles. The lowest BCUT2D eigenvalue weighted by atomic mass is 9.92. The highest BCUT2D eigenvalue weighted by molar-refractivity contribution is 5.84. The number of hydrogen-bond acceptors (Lipinski definition) is 4. The van der Waals surface area contributed by atoms with Gasteiger partial charge in [0.05, 0.1) is 12.1 Å². The van der Waals surface area contributed by atoms with Gasteiger partial charge in [0.1, 0.15) is 0 Å². The zero-order valence-electron chi connectivity index (χ0n) is 13.2. The lowest BCUT2D eigenvalue weighted by Crippen LogP contribution is -2.56. The number of likely N-dealkylation sites (N-methyl/N-ethyl adjacent to an activating group) is 2. The first-order chi connectivity index (χ1) is 8.91. The lowest BCUT2D eigenvalue weighted by molar-refractivity contribution is -0.124. The quantitative estimate of drug-likeness (QED) is 0.551. The molecule has 0 aliphatic heterocycles. The first kappa shape index (κ1) is 18.4. The fourth-order valence-electron chi connectivity index (χ4n) is 2.39. The van der Waals surface area contributed by atoms with Gasteiger partial charge in [-0.15, -0.1) is 0 Å². The number of primary amides is 1. The zero-order chi connectivity index (χ0) is 14.9. The zero-order valence-corrected chi connectivity index (χ0v) is 13.2. The van der Waals surface area contributed by atoms with E-state index in [1.54, 1.807) is 0 Å². The van der Waals surface area contributed by atoms with Gasteiger partial charge in [0, 0.05) is 19.2 Å². The maximum Gasteiger partial charge on any atom is 0.237 e. The third-order valence-corrected chi connectivity index (χ3v) is 3.57. The predicted octanol–water partition coefficient (Wildman–Crippen LogP) is 0.977. The molecule has 0 radical (unpaired) electrons. The average Bonchev–Trinajstić information content (AvgIpc) is 2.34. The Morgan fingerprint density at radius 3 is 2.47 bits per heavy atom. The molecule has 0 aromatic carbocycles. The number of ether oxygens (including phenoxy) is 1. The number of nitrogens with one attached hydrogen (secondary N) is 1. The summed E-state index contributed by atoms with van der Waals surface area (Å²) >= 11 is 0. The average molecular weight is 273 g/mol. The van der Waals surface area contributed by atoms with Gasteiger partial charge in [-0.2, -0.15) is 0 Å². The molecular formula is C14H31N3O2. The van der Waals surface area contributed by atoms with Crippen LogP contribution >= 0.6 is 0 Å². The summed E-state index contributed by atoms with van der Waals surface area (Å²) in [6.45, 7) is 14.1. The normalized spacial score (nSPS) is 16.3. The molecule has 2 atom stereocenters. The molecule has 0 aromatic rings. The number of amides is 1. The second-order valence-electron chi connectivity index (χ2n) is 5.11. The van der Waals surface area contributed by atoms with E-state index in [0.717, 1.165) is 32.8 Å². The molecule has 5 nitrogen and oxygen atoms in total. The highest BCUT2D eigenvalue weighted by Gasteiger charge is 2.33. The highest BCUT2D eigenvalue weighted by Crippen LogP contribution is 2.16. The number of carbonyl (C=O) groups excluding carboxylic acids is 1. The Hall–Kier alpha value is -0.650. The van der Waals surface area contributed by atoms with Crippen LogP contribution in [0.5, 0.6) is 0 Å². The topological polar surface area (TPSA) is 67.6 Å². The van der Waals surface area contributed by atoms with Crippen molar-refractivity contribution in [2.24, 2.45) is 5.73 Å². The van der Waals surface area contributed by atoms with E-state index in [2.05, 4.69) is 24.1 Å². The minimum atomic E-state index is -0.646. The van der Waals surface area contributed by atoms with Crippen molar-refractivity contribution < 1.29 is 9.53 Å². The van der Waals surface area contributed by atoms with E-state index in [1.165, 1.54) is 0 Å². The van der Waals surface area contributed by atoms with Crippen molar-refractivity contribution >= 4 is 5.91 Å². The van der Waals surface area contributed by atoms with Crippen molar-refractivity contribution in [1.82, 2.24) is 10.2 Å². The van der Waals surface area contributed by atoms with E-state index in [9.17, 15) is 4.79 Å². The molecule has 3 N–H and O–H groups in total. The smallest absolute Gasteiger partial charge is 0.237 e. The summed E-state index contributed by atoms with van der Waals surface area (Å²) in [4.78, 5) is 13.9. The van der Waals surface area contributed by atoms with Crippen LogP contribution < -0.4 is 11.1 Å². The van der Waals surface area contributed by atoms with Gasteiger partial charge in [-0.1, -0.05) is 13.8 Å². The number of hydrogen-bond donors (Lipinski definition) is 2. The summed E-state index contributed by atoms with van der Waals surface area (Å²) in [7, 11) is 0. The molecule has 2 unspecified atom stereocenters. The molecule has 5 heteroatoms. The van der Waals surface area contributed by atoms with Gasteiger partial charge in [-0.05, 0) is 40.3 Å². The van der Waals surface area contributed by atoms with Crippen LogP contribution in [0, 0.1) is 0 Å². The van der Waals surface area contributed by atoms with E-state index in [4.69, 9.17) is 10.5 Å². The van der Waals surface area contributed by atoms with Gasteiger partial charge in [0.25, 0.3) is 0 Å². The summed E-state index contributed by atoms with van der Waals surface area (Å²) in [6, 6.07) is 0.280. The maximum atomic E-state index is 11.6. The molecule has 19 heavy (non-hydrogen) atoms. The Morgan fingerprint density at radius 2 is 2.05 bits per heavy atom. The van der Waals surface area contributed by atoms with Crippen molar-refractivity contribution in [1.29, 1.82) is 0 Å². The third-order valence-electron chi connectivity index (χ3n) is 3.57. The number of nitrogens with zero attached hydrogens (tertiary/aromatic N) is 1. The predicted molar refractivity (Wildman–Crippen MR) is 79.1 cm³/mol. The Morgan fingerprint density at radius 1 is 1.42 bits per heavy atom. The first-order valence-corrected chi connectivity index (χ1v) is 7.27. The highest BCUT2D eigenvalue weighted by atomic mass is 16.5. The minimum Gasteiger partial charge on any atom is -0.380 e. The van der Waals surface area contributed by atoms with Gasteiger partial charge < -0.3 is 15.8 Å². The molecule has 114 valence electrons. The second kappa shape index (κ2) is 9.28. The first-order valence-electron chi connectivity index (χ1n) is 7.27. The van der Waals surface area contributed by atoms with Crippen LogP contribution in [0.15, 0.2) is 0 Å². The molecule has 0 bridgehead atoms. The lowest BCUT2D eigenvalue weighted by Gasteiger charge is -2.35. The Labute approximate surface area is 117 Å². The van der Waals surface area contributed by atoms with Crippen molar-refractivity contribution in [3.63, 3.8) is 0 Å². The SMILES string of the molecule is CCNC(C)(CC(C)N(CC)CCOCC)C(N)=O. The molecule has 0 saturated heterocycles.